The molecule has 1 fully saturated rings. The SMILES string of the molecule is CC(=O)CCCC(=O)c1ccc(CCN2C(=O)C(c3cccc4ccccc34)=NC23CCC(C2(C)C4=C2C4)CC3)cc1. The number of hydrogen-bond donors (Lipinski definition) is 0. The summed E-state index contributed by atoms with van der Waals surface area (Å²) < 4.78 is 0. The van der Waals surface area contributed by atoms with Gasteiger partial charge in [-0.2, -0.15) is 0 Å². The van der Waals surface area contributed by atoms with Gasteiger partial charge in [0.15, 0.2) is 5.78 Å². The zero-order valence-electron chi connectivity index (χ0n) is 24.6. The van der Waals surface area contributed by atoms with Gasteiger partial charge in [-0.3, -0.25) is 14.6 Å². The number of allylic oxidation sites excluding steroid dienone is 2. The standard InChI is InChI=1S/C37H38N2O3/c1-24(40)7-5-12-33(41)27-15-13-25(14-16-27)19-22-39-35(42)34(30-11-6-9-26-8-3-4-10-29(26)30)38-37(39)20-17-28(18-21-37)36(2)31-23-32(31)36/h3-4,6,8-11,13-16,28H,5,7,12,17-23H2,1-2H3. The van der Waals surface area contributed by atoms with Crippen LogP contribution in [0.4, 0.5) is 0 Å². The zero-order chi connectivity index (χ0) is 29.1. The van der Waals surface area contributed by atoms with Crippen LogP contribution in [0.3, 0.4) is 0 Å². The lowest BCUT2D eigenvalue weighted by atomic mass is 9.68. The van der Waals surface area contributed by atoms with Crippen LogP contribution in [0.5, 0.6) is 0 Å². The van der Waals surface area contributed by atoms with Crippen LogP contribution in [0, 0.1) is 11.3 Å². The van der Waals surface area contributed by atoms with Gasteiger partial charge in [-0.25, -0.2) is 0 Å². The lowest BCUT2D eigenvalue weighted by Crippen LogP contribution is -2.50. The van der Waals surface area contributed by atoms with E-state index in [0.29, 0.717) is 54.8 Å². The summed E-state index contributed by atoms with van der Waals surface area (Å²) >= 11 is 0. The van der Waals surface area contributed by atoms with Gasteiger partial charge in [0.2, 0.25) is 0 Å². The summed E-state index contributed by atoms with van der Waals surface area (Å²) in [4.78, 5) is 45.4. The Hall–Kier alpha value is -3.86. The Balaban J connectivity index is 1.11. The first kappa shape index (κ1) is 27.0. The fourth-order valence-corrected chi connectivity index (χ4v) is 7.74. The second-order valence-corrected chi connectivity index (χ2v) is 13.0. The summed E-state index contributed by atoms with van der Waals surface area (Å²) in [6.07, 6.45) is 7.39. The van der Waals surface area contributed by atoms with E-state index < -0.39 is 5.66 Å². The third-order valence-electron chi connectivity index (χ3n) is 10.5. The molecule has 0 saturated heterocycles. The Kier molecular flexibility index (Phi) is 6.52. The Labute approximate surface area is 247 Å². The molecule has 0 atom stereocenters. The van der Waals surface area contributed by atoms with Gasteiger partial charge in [0.05, 0.1) is 0 Å². The Morgan fingerprint density at radius 2 is 1.64 bits per heavy atom. The van der Waals surface area contributed by atoms with Gasteiger partial charge in [-0.15, -0.1) is 0 Å². The van der Waals surface area contributed by atoms with Crippen LogP contribution in [0.25, 0.3) is 10.8 Å². The van der Waals surface area contributed by atoms with Gasteiger partial charge in [0, 0.05) is 35.9 Å². The minimum absolute atomic E-state index is 0.0336. The van der Waals surface area contributed by atoms with Crippen LogP contribution >= 0.6 is 0 Å². The van der Waals surface area contributed by atoms with Crippen LogP contribution in [0.1, 0.15) is 86.7 Å². The van der Waals surface area contributed by atoms with Crippen molar-refractivity contribution in [1.29, 1.82) is 0 Å². The second-order valence-electron chi connectivity index (χ2n) is 13.0. The monoisotopic (exact) mass is 558 g/mol. The number of nitrogens with zero attached hydrogens (tertiary/aromatic N) is 2. The number of hydrogen-bond acceptors (Lipinski definition) is 4. The van der Waals surface area contributed by atoms with Crippen molar-refractivity contribution in [1.82, 2.24) is 4.90 Å². The van der Waals surface area contributed by atoms with Crippen molar-refractivity contribution in [2.24, 2.45) is 16.3 Å². The topological polar surface area (TPSA) is 66.8 Å². The van der Waals surface area contributed by atoms with Crippen molar-refractivity contribution >= 4 is 34.0 Å². The maximum Gasteiger partial charge on any atom is 0.274 e. The quantitative estimate of drug-likeness (QED) is 0.194. The van der Waals surface area contributed by atoms with E-state index in [9.17, 15) is 14.4 Å². The largest absolute Gasteiger partial charge is 0.312 e. The fraction of sp³-hybridized carbons (Fsp3) is 0.405. The molecular weight excluding hydrogens is 520 g/mol. The number of rotatable bonds is 10. The second kappa shape index (κ2) is 10.1. The average molecular weight is 559 g/mol. The summed E-state index contributed by atoms with van der Waals surface area (Å²) in [6, 6.07) is 22.2. The molecule has 0 unspecified atom stereocenters. The van der Waals surface area contributed by atoms with Crippen molar-refractivity contribution < 1.29 is 14.4 Å². The number of ketones is 2. The number of benzene rings is 3. The van der Waals surface area contributed by atoms with E-state index in [1.165, 1.54) is 6.42 Å². The summed E-state index contributed by atoms with van der Waals surface area (Å²) in [5.74, 6) is 0.895. The molecule has 3 aromatic carbocycles. The smallest absolute Gasteiger partial charge is 0.274 e. The van der Waals surface area contributed by atoms with E-state index in [-0.39, 0.29) is 17.5 Å². The molecule has 3 aliphatic carbocycles. The molecule has 0 bridgehead atoms. The highest BCUT2D eigenvalue weighted by Crippen LogP contribution is 2.75. The molecule has 1 aliphatic heterocycles. The molecule has 1 amide bonds. The minimum Gasteiger partial charge on any atom is -0.312 e. The summed E-state index contributed by atoms with van der Waals surface area (Å²) in [7, 11) is 0. The molecule has 5 nitrogen and oxygen atoms in total. The van der Waals surface area contributed by atoms with Gasteiger partial charge in [0.25, 0.3) is 5.91 Å². The molecule has 0 N–H and O–H groups in total. The molecule has 42 heavy (non-hydrogen) atoms. The molecule has 4 aliphatic rings. The van der Waals surface area contributed by atoms with Gasteiger partial charge in [-0.1, -0.05) is 84.8 Å². The minimum atomic E-state index is -0.489. The van der Waals surface area contributed by atoms with Gasteiger partial charge >= 0.3 is 0 Å². The average Bonchev–Trinajstić information content (AvgIpc) is 3.91. The van der Waals surface area contributed by atoms with Gasteiger partial charge in [0.1, 0.15) is 17.2 Å². The normalized spacial score (nSPS) is 23.8. The Morgan fingerprint density at radius 1 is 0.929 bits per heavy atom. The first-order chi connectivity index (χ1) is 20.3. The maximum absolute atomic E-state index is 14.2. The van der Waals surface area contributed by atoms with Crippen molar-refractivity contribution in [2.75, 3.05) is 6.54 Å². The van der Waals surface area contributed by atoms with E-state index in [0.717, 1.165) is 47.6 Å². The summed E-state index contributed by atoms with van der Waals surface area (Å²) in [6.45, 7) is 4.58. The van der Waals surface area contributed by atoms with Crippen LogP contribution in [-0.4, -0.2) is 40.3 Å². The molecule has 7 rings (SSSR count). The highest BCUT2D eigenvalue weighted by Gasteiger charge is 2.64. The van der Waals surface area contributed by atoms with Crippen LogP contribution in [0.15, 0.2) is 82.9 Å². The molecule has 0 radical (unpaired) electrons. The number of aliphatic imine (C=N–C) groups is 1. The highest BCUT2D eigenvalue weighted by molar-refractivity contribution is 6.48. The van der Waals surface area contributed by atoms with E-state index in [4.69, 9.17) is 4.99 Å². The molecule has 0 aromatic heterocycles. The fourth-order valence-electron chi connectivity index (χ4n) is 7.74. The van der Waals surface area contributed by atoms with E-state index in [1.54, 1.807) is 18.1 Å². The molecule has 5 heteroatoms. The molecule has 1 spiro atoms. The van der Waals surface area contributed by atoms with E-state index >= 15 is 0 Å². The molecular formula is C37H38N2O3. The van der Waals surface area contributed by atoms with Crippen LogP contribution < -0.4 is 0 Å². The molecule has 1 heterocycles. The van der Waals surface area contributed by atoms with Crippen molar-refractivity contribution in [3.05, 3.63) is 94.6 Å². The number of fused-ring (bicyclic) bond motifs is 1. The lowest BCUT2D eigenvalue weighted by Gasteiger charge is -2.44. The van der Waals surface area contributed by atoms with Gasteiger partial charge in [-0.05, 0) is 74.1 Å². The Bertz CT molecular complexity index is 1650. The predicted molar refractivity (Wildman–Crippen MR) is 166 cm³/mol. The third kappa shape index (κ3) is 4.54. The number of carbonyl (C=O) groups excluding carboxylic acids is 3. The number of amides is 1. The van der Waals surface area contributed by atoms with Crippen molar-refractivity contribution in [2.45, 2.75) is 77.3 Å². The number of Topliss-reactive ketones (excluding diaryl/α,β-unsaturated/α-hetero) is 2. The molecule has 3 aromatic rings. The number of carbonyl (C=O) groups is 3. The zero-order valence-corrected chi connectivity index (χ0v) is 24.6. The van der Waals surface area contributed by atoms with E-state index in [2.05, 4.69) is 30.0 Å². The molecule has 214 valence electrons. The summed E-state index contributed by atoms with van der Waals surface area (Å²) in [5, 5.41) is 2.19. The van der Waals surface area contributed by atoms with Crippen molar-refractivity contribution in [3.8, 4) is 0 Å². The first-order valence-corrected chi connectivity index (χ1v) is 15.5. The van der Waals surface area contributed by atoms with Crippen LogP contribution in [-0.2, 0) is 16.0 Å². The molecule has 1 saturated carbocycles. The highest BCUT2D eigenvalue weighted by atomic mass is 16.2. The third-order valence-corrected chi connectivity index (χ3v) is 10.5. The Morgan fingerprint density at radius 3 is 2.33 bits per heavy atom. The predicted octanol–water partition coefficient (Wildman–Crippen LogP) is 7.26. The summed E-state index contributed by atoms with van der Waals surface area (Å²) in [5.41, 5.74) is 6.59. The lowest BCUT2D eigenvalue weighted by molar-refractivity contribution is -0.129. The van der Waals surface area contributed by atoms with Crippen molar-refractivity contribution in [3.63, 3.8) is 0 Å². The van der Waals surface area contributed by atoms with Crippen LogP contribution in [0.2, 0.25) is 0 Å². The maximum atomic E-state index is 14.2. The first-order valence-electron chi connectivity index (χ1n) is 15.5. The van der Waals surface area contributed by atoms with E-state index in [1.807, 2.05) is 48.5 Å². The van der Waals surface area contributed by atoms with Gasteiger partial charge < -0.3 is 9.69 Å².